The maximum atomic E-state index is 11.3. The molecule has 2 aliphatic rings. The van der Waals surface area contributed by atoms with Crippen molar-refractivity contribution in [1.29, 1.82) is 0 Å². The monoisotopic (exact) mass is 288 g/mol. The number of fused-ring (bicyclic) bond motifs is 1. The van der Waals surface area contributed by atoms with Crippen molar-refractivity contribution in [2.24, 2.45) is 11.8 Å². The molecule has 2 N–H and O–H groups in total. The van der Waals surface area contributed by atoms with Gasteiger partial charge in [-0.25, -0.2) is 4.21 Å². The van der Waals surface area contributed by atoms with Crippen molar-refractivity contribution in [3.63, 3.8) is 0 Å². The minimum Gasteiger partial charge on any atom is -0.302 e. The Morgan fingerprint density at radius 2 is 2.00 bits per heavy atom. The lowest BCUT2D eigenvalue weighted by Crippen LogP contribution is -2.26. The zero-order chi connectivity index (χ0) is 13.5. The second kappa shape index (κ2) is 4.58. The summed E-state index contributed by atoms with van der Waals surface area (Å²) in [5.41, 5.74) is 0.693. The molecule has 0 bridgehead atoms. The Hall–Kier alpha value is -1.02. The average Bonchev–Trinajstić information content (AvgIpc) is 2.25. The van der Waals surface area contributed by atoms with E-state index >= 15 is 0 Å². The van der Waals surface area contributed by atoms with Crippen molar-refractivity contribution < 1.29 is 21.7 Å². The minimum atomic E-state index is -4.31. The summed E-state index contributed by atoms with van der Waals surface area (Å²) < 4.78 is 52.3. The molecule has 0 heterocycles. The molecule has 0 saturated heterocycles. The van der Waals surface area contributed by atoms with Gasteiger partial charge < -0.3 is 4.55 Å². The van der Waals surface area contributed by atoms with Crippen LogP contribution in [0.1, 0.15) is 6.92 Å². The summed E-state index contributed by atoms with van der Waals surface area (Å²) in [6, 6.07) is 0. The molecule has 0 aromatic heterocycles. The SMILES string of the molecule is CC1=CC2C(S(=O)(=O)O)=CC=CC2C(S(=O)O)=C1. The molecule has 3 atom stereocenters. The molecular weight excluding hydrogens is 276 g/mol. The van der Waals surface area contributed by atoms with Gasteiger partial charge in [0.25, 0.3) is 10.1 Å². The molecule has 0 spiro atoms. The van der Waals surface area contributed by atoms with E-state index in [0.717, 1.165) is 0 Å². The summed E-state index contributed by atoms with van der Waals surface area (Å²) in [5.74, 6) is -1.14. The van der Waals surface area contributed by atoms with Gasteiger partial charge in [-0.2, -0.15) is 8.42 Å². The van der Waals surface area contributed by atoms with Crippen molar-refractivity contribution >= 4 is 21.2 Å². The van der Waals surface area contributed by atoms with Gasteiger partial charge >= 0.3 is 0 Å². The first-order chi connectivity index (χ1) is 8.30. The van der Waals surface area contributed by atoms with E-state index in [1.54, 1.807) is 25.2 Å². The highest BCUT2D eigenvalue weighted by Gasteiger charge is 2.36. The van der Waals surface area contributed by atoms with E-state index in [9.17, 15) is 21.7 Å². The summed E-state index contributed by atoms with van der Waals surface area (Å²) >= 11 is -2.17. The van der Waals surface area contributed by atoms with Gasteiger partial charge in [0.1, 0.15) is 0 Å². The molecule has 3 unspecified atom stereocenters. The lowest BCUT2D eigenvalue weighted by atomic mass is 9.83. The van der Waals surface area contributed by atoms with E-state index < -0.39 is 33.0 Å². The first-order valence-corrected chi connectivity index (χ1v) is 7.72. The van der Waals surface area contributed by atoms with Crippen LogP contribution in [0.5, 0.6) is 0 Å². The van der Waals surface area contributed by atoms with E-state index in [1.807, 2.05) is 0 Å². The molecule has 2 rings (SSSR count). The molecule has 0 saturated carbocycles. The van der Waals surface area contributed by atoms with Crippen LogP contribution in [-0.4, -0.2) is 21.7 Å². The zero-order valence-corrected chi connectivity index (χ0v) is 11.1. The summed E-state index contributed by atoms with van der Waals surface area (Å²) in [4.78, 5) is 0.0934. The van der Waals surface area contributed by atoms with Gasteiger partial charge in [0.2, 0.25) is 0 Å². The maximum absolute atomic E-state index is 11.3. The molecule has 5 nitrogen and oxygen atoms in total. The van der Waals surface area contributed by atoms with Gasteiger partial charge in [0, 0.05) is 11.8 Å². The van der Waals surface area contributed by atoms with Crippen LogP contribution in [-0.2, 0) is 21.2 Å². The fraction of sp³-hybridized carbons (Fsp3) is 0.273. The Labute approximate surface area is 108 Å². The molecule has 0 aromatic carbocycles. The highest BCUT2D eigenvalue weighted by Crippen LogP contribution is 2.40. The van der Waals surface area contributed by atoms with Crippen LogP contribution < -0.4 is 0 Å². The number of hydrogen-bond donors (Lipinski definition) is 2. The first kappa shape index (κ1) is 13.4. The Bertz CT molecular complexity index is 622. The third-order valence-corrected chi connectivity index (χ3v) is 4.73. The lowest BCUT2D eigenvalue weighted by Gasteiger charge is -2.29. The molecule has 2 aliphatic carbocycles. The van der Waals surface area contributed by atoms with Crippen molar-refractivity contribution in [3.05, 3.63) is 45.8 Å². The molecule has 18 heavy (non-hydrogen) atoms. The van der Waals surface area contributed by atoms with Gasteiger partial charge in [0.15, 0.2) is 11.1 Å². The summed E-state index contributed by atoms with van der Waals surface area (Å²) in [6.45, 7) is 1.71. The van der Waals surface area contributed by atoms with E-state index in [-0.39, 0.29) is 9.81 Å². The topological polar surface area (TPSA) is 91.7 Å². The molecule has 0 aromatic rings. The third-order valence-electron chi connectivity index (χ3n) is 2.93. The van der Waals surface area contributed by atoms with Gasteiger partial charge in [-0.1, -0.05) is 23.8 Å². The van der Waals surface area contributed by atoms with Crippen LogP contribution in [0.3, 0.4) is 0 Å². The number of rotatable bonds is 2. The summed E-state index contributed by atoms with van der Waals surface area (Å²) in [6.07, 6.45) is 7.67. The second-order valence-electron chi connectivity index (χ2n) is 4.19. The first-order valence-electron chi connectivity index (χ1n) is 5.17. The average molecular weight is 288 g/mol. The van der Waals surface area contributed by atoms with Crippen molar-refractivity contribution in [1.82, 2.24) is 0 Å². The molecule has 98 valence electrons. The van der Waals surface area contributed by atoms with E-state index in [0.29, 0.717) is 5.57 Å². The number of allylic oxidation sites excluding steroid dienone is 8. The molecule has 0 aliphatic heterocycles. The molecular formula is C11H12O5S2. The smallest absolute Gasteiger partial charge is 0.291 e. The zero-order valence-electron chi connectivity index (χ0n) is 9.48. The predicted molar refractivity (Wildman–Crippen MR) is 68.4 cm³/mol. The molecule has 0 amide bonds. The van der Waals surface area contributed by atoms with Gasteiger partial charge in [-0.05, 0) is 19.1 Å². The van der Waals surface area contributed by atoms with Gasteiger partial charge in [-0.3, -0.25) is 4.55 Å². The standard InChI is InChI=1S/C11H12O5S2/c1-7-5-9-8(10(6-7)17(12)13)3-2-4-11(9)18(14,15)16/h2-6,8-9H,1H3,(H,12,13)(H,14,15,16). The van der Waals surface area contributed by atoms with Gasteiger partial charge in [-0.15, -0.1) is 0 Å². The van der Waals surface area contributed by atoms with Crippen LogP contribution in [0.4, 0.5) is 0 Å². The van der Waals surface area contributed by atoms with Crippen molar-refractivity contribution in [2.75, 3.05) is 0 Å². The second-order valence-corrected chi connectivity index (χ2v) is 6.58. The Morgan fingerprint density at radius 1 is 1.33 bits per heavy atom. The third kappa shape index (κ3) is 2.39. The number of hydrogen-bond acceptors (Lipinski definition) is 3. The fourth-order valence-electron chi connectivity index (χ4n) is 2.21. The Morgan fingerprint density at radius 3 is 2.56 bits per heavy atom. The minimum absolute atomic E-state index is 0.148. The largest absolute Gasteiger partial charge is 0.302 e. The molecule has 7 heteroatoms. The van der Waals surface area contributed by atoms with Crippen LogP contribution in [0, 0.1) is 11.8 Å². The highest BCUT2D eigenvalue weighted by molar-refractivity contribution is 7.89. The Balaban J connectivity index is 2.54. The van der Waals surface area contributed by atoms with Crippen LogP contribution in [0.2, 0.25) is 0 Å². The summed E-state index contributed by atoms with van der Waals surface area (Å²) in [7, 11) is -4.31. The van der Waals surface area contributed by atoms with Crippen LogP contribution >= 0.6 is 0 Å². The maximum Gasteiger partial charge on any atom is 0.291 e. The van der Waals surface area contributed by atoms with E-state index in [4.69, 9.17) is 0 Å². The summed E-state index contributed by atoms with van der Waals surface area (Å²) in [5, 5.41) is 0. The lowest BCUT2D eigenvalue weighted by molar-refractivity contribution is 0.478. The predicted octanol–water partition coefficient (Wildman–Crippen LogP) is 1.63. The van der Waals surface area contributed by atoms with Crippen LogP contribution in [0.25, 0.3) is 0 Å². The van der Waals surface area contributed by atoms with Gasteiger partial charge in [0.05, 0.1) is 9.81 Å². The normalized spacial score (nSPS) is 28.9. The van der Waals surface area contributed by atoms with E-state index in [2.05, 4.69) is 0 Å². The fourth-order valence-corrected chi connectivity index (χ4v) is 3.77. The Kier molecular flexibility index (Phi) is 3.41. The molecule has 0 radical (unpaired) electrons. The highest BCUT2D eigenvalue weighted by atomic mass is 32.2. The van der Waals surface area contributed by atoms with E-state index in [1.165, 1.54) is 12.2 Å². The molecule has 0 fully saturated rings. The van der Waals surface area contributed by atoms with Crippen molar-refractivity contribution in [2.45, 2.75) is 6.92 Å². The van der Waals surface area contributed by atoms with Crippen LogP contribution in [0.15, 0.2) is 45.8 Å². The quantitative estimate of drug-likeness (QED) is 0.595. The van der Waals surface area contributed by atoms with Crippen molar-refractivity contribution in [3.8, 4) is 0 Å².